The van der Waals surface area contributed by atoms with Crippen molar-refractivity contribution in [3.63, 3.8) is 0 Å². The van der Waals surface area contributed by atoms with Crippen molar-refractivity contribution < 1.29 is 17.9 Å². The first-order valence-corrected chi connectivity index (χ1v) is 11.6. The number of hydrogen-bond donors (Lipinski definition) is 1. The fourth-order valence-electron chi connectivity index (χ4n) is 3.97. The number of hydrogen-bond acceptors (Lipinski definition) is 7. The highest BCUT2D eigenvalue weighted by atomic mass is 32.2. The minimum atomic E-state index is -3.36. The van der Waals surface area contributed by atoms with Crippen LogP contribution in [0.15, 0.2) is 36.5 Å². The number of rotatable bonds is 5. The van der Waals surface area contributed by atoms with E-state index in [1.54, 1.807) is 11.1 Å². The third-order valence-electron chi connectivity index (χ3n) is 5.39. The molecule has 1 fully saturated rings. The highest BCUT2D eigenvalue weighted by Gasteiger charge is 2.46. The number of ether oxygens (including phenoxy) is 1. The van der Waals surface area contributed by atoms with Crippen molar-refractivity contribution in [1.29, 1.82) is 0 Å². The van der Waals surface area contributed by atoms with Gasteiger partial charge in [0.1, 0.15) is 5.75 Å². The van der Waals surface area contributed by atoms with Crippen molar-refractivity contribution in [2.75, 3.05) is 37.0 Å². The van der Waals surface area contributed by atoms with Crippen molar-refractivity contribution in [3.8, 4) is 0 Å². The zero-order valence-corrected chi connectivity index (χ0v) is 17.1. The van der Waals surface area contributed by atoms with Crippen molar-refractivity contribution in [2.24, 2.45) is 0 Å². The third kappa shape index (κ3) is 4.40. The number of benzene rings is 1. The normalized spacial score (nSPS) is 21.2. The lowest BCUT2D eigenvalue weighted by Crippen LogP contribution is -2.42. The van der Waals surface area contributed by atoms with Gasteiger partial charge in [-0.2, -0.15) is 0 Å². The molecule has 1 saturated heterocycles. The zero-order chi connectivity index (χ0) is 20.5. The number of nitrogens with one attached hydrogen (secondary N) is 1. The average Bonchev–Trinajstić information content (AvgIpc) is 3.11. The van der Waals surface area contributed by atoms with E-state index in [9.17, 15) is 13.2 Å². The minimum Gasteiger partial charge on any atom is -0.376 e. The van der Waals surface area contributed by atoms with Crippen LogP contribution < -0.4 is 5.32 Å². The molecule has 0 bridgehead atoms. The summed E-state index contributed by atoms with van der Waals surface area (Å²) in [6, 6.07) is 10.0. The van der Waals surface area contributed by atoms with Gasteiger partial charge >= 0.3 is 0 Å². The molecule has 0 radical (unpaired) electrons. The molecule has 2 aliphatic heterocycles. The number of anilines is 1. The van der Waals surface area contributed by atoms with Crippen molar-refractivity contribution >= 4 is 21.7 Å². The molecule has 4 rings (SSSR count). The number of likely N-dealkylation sites (tertiary alicyclic amines) is 1. The van der Waals surface area contributed by atoms with Gasteiger partial charge in [0, 0.05) is 37.7 Å². The maximum Gasteiger partial charge on any atom is 0.237 e. The minimum absolute atomic E-state index is 0.368. The van der Waals surface area contributed by atoms with E-state index in [-0.39, 0.29) is 5.91 Å². The molecular formula is C20H24N4O4S. The SMILES string of the molecule is CS(=O)(=O)CC(=O)N1CC[C@@]2(COCc3cnc(NCc4ccccc4)nc32)C1. The third-order valence-corrected chi connectivity index (χ3v) is 6.16. The Hall–Kier alpha value is -2.52. The van der Waals surface area contributed by atoms with Gasteiger partial charge < -0.3 is 15.0 Å². The molecular weight excluding hydrogens is 392 g/mol. The summed E-state index contributed by atoms with van der Waals surface area (Å²) < 4.78 is 28.8. The number of fused-ring (bicyclic) bond motifs is 2. The largest absolute Gasteiger partial charge is 0.376 e. The smallest absolute Gasteiger partial charge is 0.237 e. The van der Waals surface area contributed by atoms with Crippen LogP contribution in [0.2, 0.25) is 0 Å². The van der Waals surface area contributed by atoms with Crippen LogP contribution in [0.3, 0.4) is 0 Å². The molecule has 29 heavy (non-hydrogen) atoms. The monoisotopic (exact) mass is 416 g/mol. The first-order valence-electron chi connectivity index (χ1n) is 9.52. The topological polar surface area (TPSA) is 101 Å². The zero-order valence-electron chi connectivity index (χ0n) is 16.3. The summed E-state index contributed by atoms with van der Waals surface area (Å²) in [6.45, 7) is 2.41. The molecule has 1 amide bonds. The molecule has 154 valence electrons. The van der Waals surface area contributed by atoms with Crippen molar-refractivity contribution in [2.45, 2.75) is 25.0 Å². The number of carbonyl (C=O) groups is 1. The van der Waals surface area contributed by atoms with E-state index in [2.05, 4.69) is 10.3 Å². The quantitative estimate of drug-likeness (QED) is 0.780. The summed E-state index contributed by atoms with van der Waals surface area (Å²) in [6.07, 6.45) is 3.54. The van der Waals surface area contributed by atoms with Gasteiger partial charge in [-0.05, 0) is 12.0 Å². The average molecular weight is 417 g/mol. The van der Waals surface area contributed by atoms with Crippen LogP contribution in [-0.2, 0) is 37.9 Å². The Balaban J connectivity index is 1.53. The molecule has 1 atom stereocenters. The van der Waals surface area contributed by atoms with Crippen LogP contribution in [0.1, 0.15) is 23.2 Å². The van der Waals surface area contributed by atoms with E-state index in [0.29, 0.717) is 45.2 Å². The van der Waals surface area contributed by atoms with Gasteiger partial charge in [0.05, 0.1) is 24.3 Å². The molecule has 1 spiro atoms. The van der Waals surface area contributed by atoms with Crippen LogP contribution in [0.5, 0.6) is 0 Å². The van der Waals surface area contributed by atoms with Gasteiger partial charge in [-0.3, -0.25) is 4.79 Å². The molecule has 0 aliphatic carbocycles. The molecule has 0 saturated carbocycles. The number of aromatic nitrogens is 2. The van der Waals surface area contributed by atoms with Gasteiger partial charge in [0.15, 0.2) is 9.84 Å². The first kappa shape index (κ1) is 19.8. The summed E-state index contributed by atoms with van der Waals surface area (Å²) in [5.41, 5.74) is 2.51. The number of carbonyl (C=O) groups excluding carboxylic acids is 1. The Morgan fingerprint density at radius 2 is 2.10 bits per heavy atom. The van der Waals surface area contributed by atoms with Gasteiger partial charge in [0.2, 0.25) is 11.9 Å². The molecule has 9 heteroatoms. The Labute approximate surface area is 170 Å². The molecule has 0 unspecified atom stereocenters. The Bertz CT molecular complexity index is 1010. The van der Waals surface area contributed by atoms with Crippen LogP contribution >= 0.6 is 0 Å². The van der Waals surface area contributed by atoms with Gasteiger partial charge in [0.25, 0.3) is 0 Å². The molecule has 1 N–H and O–H groups in total. The van der Waals surface area contributed by atoms with Gasteiger partial charge in [-0.25, -0.2) is 18.4 Å². The Morgan fingerprint density at radius 1 is 1.31 bits per heavy atom. The first-order chi connectivity index (χ1) is 13.8. The van der Waals surface area contributed by atoms with Crippen LogP contribution in [0.25, 0.3) is 0 Å². The predicted molar refractivity (Wildman–Crippen MR) is 108 cm³/mol. The molecule has 2 aliphatic rings. The van der Waals surface area contributed by atoms with Gasteiger partial charge in [-0.15, -0.1) is 0 Å². The summed E-state index contributed by atoms with van der Waals surface area (Å²) >= 11 is 0. The summed E-state index contributed by atoms with van der Waals surface area (Å²) in [4.78, 5) is 23.2. The molecule has 1 aromatic carbocycles. The number of nitrogens with zero attached hydrogens (tertiary/aromatic N) is 3. The summed E-state index contributed by atoms with van der Waals surface area (Å²) in [5.74, 6) is -0.299. The highest BCUT2D eigenvalue weighted by Crippen LogP contribution is 2.39. The van der Waals surface area contributed by atoms with E-state index in [1.807, 2.05) is 30.3 Å². The molecule has 1 aromatic heterocycles. The lowest BCUT2D eigenvalue weighted by molar-refractivity contribution is -0.127. The van der Waals surface area contributed by atoms with Gasteiger partial charge in [-0.1, -0.05) is 30.3 Å². The molecule has 2 aromatic rings. The maximum atomic E-state index is 12.4. The fourth-order valence-corrected chi connectivity index (χ4v) is 4.60. The summed E-state index contributed by atoms with van der Waals surface area (Å²) in [7, 11) is -3.36. The van der Waals surface area contributed by atoms with E-state index in [0.717, 1.165) is 23.1 Å². The molecule has 8 nitrogen and oxygen atoms in total. The van der Waals surface area contributed by atoms with Crippen LogP contribution in [0.4, 0.5) is 5.95 Å². The lowest BCUT2D eigenvalue weighted by Gasteiger charge is -2.34. The second-order valence-electron chi connectivity index (χ2n) is 7.82. The second-order valence-corrected chi connectivity index (χ2v) is 9.96. The Kier molecular flexibility index (Phi) is 5.26. The van der Waals surface area contributed by atoms with E-state index < -0.39 is 21.0 Å². The number of sulfone groups is 1. The van der Waals surface area contributed by atoms with Crippen LogP contribution in [0, 0.1) is 0 Å². The lowest BCUT2D eigenvalue weighted by atomic mass is 9.80. The Morgan fingerprint density at radius 3 is 2.86 bits per heavy atom. The summed E-state index contributed by atoms with van der Waals surface area (Å²) in [5, 5.41) is 3.26. The van der Waals surface area contributed by atoms with E-state index in [4.69, 9.17) is 9.72 Å². The molecule has 3 heterocycles. The van der Waals surface area contributed by atoms with Crippen molar-refractivity contribution in [1.82, 2.24) is 14.9 Å². The maximum absolute atomic E-state index is 12.4. The van der Waals surface area contributed by atoms with Crippen LogP contribution in [-0.4, -0.2) is 60.9 Å². The highest BCUT2D eigenvalue weighted by molar-refractivity contribution is 7.91. The van der Waals surface area contributed by atoms with Crippen molar-refractivity contribution in [3.05, 3.63) is 53.3 Å². The fraction of sp³-hybridized carbons (Fsp3) is 0.450. The second kappa shape index (κ2) is 7.72. The predicted octanol–water partition coefficient (Wildman–Crippen LogP) is 1.13. The van der Waals surface area contributed by atoms with E-state index in [1.165, 1.54) is 0 Å². The van der Waals surface area contributed by atoms with E-state index >= 15 is 0 Å². The number of amides is 1. The standard InChI is InChI=1S/C20H24N4O4S/c1-29(26,27)12-17(25)24-8-7-20(13-24)14-28-11-16-10-22-19(23-18(16)20)21-9-15-5-3-2-4-6-15/h2-6,10H,7-9,11-14H2,1H3,(H,21,22,23)/t20-/m0/s1.